The lowest BCUT2D eigenvalue weighted by Crippen LogP contribution is -2.48. The number of carbonyl (C=O) groups is 1. The monoisotopic (exact) mass is 345 g/mol. The number of carbonyl (C=O) groups excluding carboxylic acids is 1. The molecule has 25 heavy (non-hydrogen) atoms. The van der Waals surface area contributed by atoms with Crippen molar-refractivity contribution in [1.29, 1.82) is 0 Å². The quantitative estimate of drug-likeness (QED) is 0.925. The number of aromatic nitrogens is 3. The maximum absolute atomic E-state index is 14.0. The van der Waals surface area contributed by atoms with Crippen LogP contribution in [0.15, 0.2) is 24.3 Å². The van der Waals surface area contributed by atoms with Crippen LogP contribution in [0.4, 0.5) is 10.1 Å². The zero-order valence-electron chi connectivity index (χ0n) is 14.9. The van der Waals surface area contributed by atoms with Crippen molar-refractivity contribution < 1.29 is 9.18 Å². The minimum absolute atomic E-state index is 0.0375. The highest BCUT2D eigenvalue weighted by molar-refractivity contribution is 5.93. The first-order valence-corrected chi connectivity index (χ1v) is 8.69. The molecule has 2 aromatic rings. The van der Waals surface area contributed by atoms with Crippen molar-refractivity contribution in [2.45, 2.75) is 45.7 Å². The lowest BCUT2D eigenvalue weighted by Gasteiger charge is -2.34. The molecule has 2 heterocycles. The molecule has 1 atom stereocenters. The van der Waals surface area contributed by atoms with E-state index in [1.54, 1.807) is 16.8 Å². The van der Waals surface area contributed by atoms with Crippen LogP contribution in [0.2, 0.25) is 0 Å². The molecule has 1 aliphatic rings. The first-order valence-electron chi connectivity index (χ1n) is 8.69. The number of amides is 1. The van der Waals surface area contributed by atoms with Crippen molar-refractivity contribution in [2.75, 3.05) is 18.0 Å². The predicted octanol–water partition coefficient (Wildman–Crippen LogP) is 2.71. The zero-order chi connectivity index (χ0) is 18.0. The fourth-order valence-electron chi connectivity index (χ4n) is 3.32. The summed E-state index contributed by atoms with van der Waals surface area (Å²) in [7, 11) is 0. The fraction of sp³-hybridized carbons (Fsp3) is 0.500. The van der Waals surface area contributed by atoms with Gasteiger partial charge in [-0.15, -0.1) is 5.10 Å². The summed E-state index contributed by atoms with van der Waals surface area (Å²) >= 11 is 0. The Hall–Kier alpha value is -2.44. The Morgan fingerprint density at radius 2 is 2.12 bits per heavy atom. The van der Waals surface area contributed by atoms with Crippen LogP contribution in [-0.4, -0.2) is 40.0 Å². The van der Waals surface area contributed by atoms with E-state index in [1.165, 1.54) is 6.07 Å². The van der Waals surface area contributed by atoms with Gasteiger partial charge >= 0.3 is 0 Å². The van der Waals surface area contributed by atoms with Gasteiger partial charge in [0.2, 0.25) is 0 Å². The molecule has 1 saturated heterocycles. The highest BCUT2D eigenvalue weighted by Gasteiger charge is 2.25. The van der Waals surface area contributed by atoms with Crippen molar-refractivity contribution >= 4 is 11.6 Å². The van der Waals surface area contributed by atoms with Crippen LogP contribution in [0, 0.1) is 12.7 Å². The highest BCUT2D eigenvalue weighted by Crippen LogP contribution is 2.23. The largest absolute Gasteiger partial charge is 0.367 e. The summed E-state index contributed by atoms with van der Waals surface area (Å²) in [5.41, 5.74) is 1.70. The Morgan fingerprint density at radius 3 is 2.80 bits per heavy atom. The smallest absolute Gasteiger partial charge is 0.274 e. The van der Waals surface area contributed by atoms with Gasteiger partial charge in [-0.1, -0.05) is 17.3 Å². The number of nitrogens with one attached hydrogen (secondary N) is 1. The molecule has 1 aliphatic heterocycles. The lowest BCUT2D eigenvalue weighted by molar-refractivity contribution is 0.0927. The van der Waals surface area contributed by atoms with Gasteiger partial charge in [-0.25, -0.2) is 9.07 Å². The van der Waals surface area contributed by atoms with Crippen LogP contribution in [0.1, 0.15) is 48.9 Å². The Morgan fingerprint density at radius 1 is 1.36 bits per heavy atom. The molecule has 0 spiro atoms. The Balaban J connectivity index is 1.69. The van der Waals surface area contributed by atoms with E-state index >= 15 is 0 Å². The zero-order valence-corrected chi connectivity index (χ0v) is 14.9. The Labute approximate surface area is 147 Å². The van der Waals surface area contributed by atoms with Crippen LogP contribution in [0.3, 0.4) is 0 Å². The number of hydrogen-bond acceptors (Lipinski definition) is 4. The van der Waals surface area contributed by atoms with Gasteiger partial charge in [0, 0.05) is 25.2 Å². The second-order valence-electron chi connectivity index (χ2n) is 6.77. The van der Waals surface area contributed by atoms with E-state index in [2.05, 4.69) is 15.6 Å². The average Bonchev–Trinajstić information content (AvgIpc) is 2.97. The van der Waals surface area contributed by atoms with Crippen LogP contribution in [0.5, 0.6) is 0 Å². The number of piperidine rings is 1. The fourth-order valence-corrected chi connectivity index (χ4v) is 3.32. The number of hydrogen-bond donors (Lipinski definition) is 1. The SMILES string of the molecule is Cc1c(C(=O)NC2CCCN(c3ccccc3F)C2)nnn1C(C)C. The maximum Gasteiger partial charge on any atom is 0.274 e. The normalized spacial score (nSPS) is 17.8. The van der Waals surface area contributed by atoms with Gasteiger partial charge in [0.25, 0.3) is 5.91 Å². The molecular formula is C18H24FN5O. The molecule has 3 rings (SSSR count). The molecular weight excluding hydrogens is 321 g/mol. The summed E-state index contributed by atoms with van der Waals surface area (Å²) in [6.45, 7) is 7.22. The number of para-hydroxylation sites is 1. The van der Waals surface area contributed by atoms with Gasteiger partial charge in [-0.2, -0.15) is 0 Å². The summed E-state index contributed by atoms with van der Waals surface area (Å²) in [6.07, 6.45) is 1.77. The molecule has 1 unspecified atom stereocenters. The van der Waals surface area contributed by atoms with Crippen molar-refractivity contribution in [1.82, 2.24) is 20.3 Å². The topological polar surface area (TPSA) is 63.1 Å². The molecule has 1 N–H and O–H groups in total. The molecule has 0 bridgehead atoms. The number of benzene rings is 1. The van der Waals surface area contributed by atoms with Crippen LogP contribution in [-0.2, 0) is 0 Å². The van der Waals surface area contributed by atoms with Crippen LogP contribution >= 0.6 is 0 Å². The lowest BCUT2D eigenvalue weighted by atomic mass is 10.0. The molecule has 6 nitrogen and oxygen atoms in total. The Bertz CT molecular complexity index is 758. The molecule has 7 heteroatoms. The molecule has 0 aliphatic carbocycles. The van der Waals surface area contributed by atoms with E-state index in [0.29, 0.717) is 17.9 Å². The third-order valence-corrected chi connectivity index (χ3v) is 4.58. The summed E-state index contributed by atoms with van der Waals surface area (Å²) in [5, 5.41) is 11.1. The highest BCUT2D eigenvalue weighted by atomic mass is 19.1. The van der Waals surface area contributed by atoms with Crippen LogP contribution in [0.25, 0.3) is 0 Å². The Kier molecular flexibility index (Phi) is 5.01. The van der Waals surface area contributed by atoms with Gasteiger partial charge in [0.15, 0.2) is 5.69 Å². The minimum Gasteiger partial charge on any atom is -0.367 e. The molecule has 0 radical (unpaired) electrons. The van der Waals surface area contributed by atoms with Crippen molar-refractivity contribution in [3.8, 4) is 0 Å². The van der Waals surface area contributed by atoms with Crippen molar-refractivity contribution in [3.63, 3.8) is 0 Å². The van der Waals surface area contributed by atoms with Gasteiger partial charge in [0.1, 0.15) is 5.82 Å². The molecule has 134 valence electrons. The molecule has 0 saturated carbocycles. The summed E-state index contributed by atoms with van der Waals surface area (Å²) < 4.78 is 15.7. The molecule has 1 aromatic heterocycles. The van der Waals surface area contributed by atoms with E-state index in [-0.39, 0.29) is 23.8 Å². The number of anilines is 1. The molecule has 1 amide bonds. The standard InChI is InChI=1S/C18H24FN5O/c1-12(2)24-13(3)17(21-22-24)18(25)20-14-7-6-10-23(11-14)16-9-5-4-8-15(16)19/h4-5,8-9,12,14H,6-7,10-11H2,1-3H3,(H,20,25). The van der Waals surface area contributed by atoms with E-state index in [4.69, 9.17) is 0 Å². The molecule has 1 aromatic carbocycles. The third kappa shape index (κ3) is 3.65. The third-order valence-electron chi connectivity index (χ3n) is 4.58. The van der Waals surface area contributed by atoms with E-state index < -0.39 is 0 Å². The summed E-state index contributed by atoms with van der Waals surface area (Å²) in [6, 6.07) is 6.87. The van der Waals surface area contributed by atoms with E-state index in [1.807, 2.05) is 31.7 Å². The van der Waals surface area contributed by atoms with Gasteiger partial charge in [0.05, 0.1) is 11.4 Å². The van der Waals surface area contributed by atoms with Gasteiger partial charge in [-0.3, -0.25) is 4.79 Å². The second-order valence-corrected chi connectivity index (χ2v) is 6.77. The van der Waals surface area contributed by atoms with Crippen molar-refractivity contribution in [2.24, 2.45) is 0 Å². The maximum atomic E-state index is 14.0. The molecule has 1 fully saturated rings. The first kappa shape index (κ1) is 17.4. The van der Waals surface area contributed by atoms with Gasteiger partial charge in [-0.05, 0) is 45.7 Å². The predicted molar refractivity (Wildman–Crippen MR) is 94.2 cm³/mol. The van der Waals surface area contributed by atoms with Crippen molar-refractivity contribution in [3.05, 3.63) is 41.5 Å². The average molecular weight is 345 g/mol. The van der Waals surface area contributed by atoms with E-state index in [9.17, 15) is 9.18 Å². The van der Waals surface area contributed by atoms with E-state index in [0.717, 1.165) is 25.1 Å². The summed E-state index contributed by atoms with van der Waals surface area (Å²) in [5.74, 6) is -0.449. The number of halogens is 1. The summed E-state index contributed by atoms with van der Waals surface area (Å²) in [4.78, 5) is 14.5. The number of rotatable bonds is 4. The van der Waals surface area contributed by atoms with Gasteiger partial charge < -0.3 is 10.2 Å². The first-order chi connectivity index (χ1) is 12.0. The second kappa shape index (κ2) is 7.21. The number of nitrogens with zero attached hydrogens (tertiary/aromatic N) is 4. The van der Waals surface area contributed by atoms with Crippen LogP contribution < -0.4 is 10.2 Å². The minimum atomic E-state index is -0.231.